The zero-order valence-electron chi connectivity index (χ0n) is 25.0. The van der Waals surface area contributed by atoms with Gasteiger partial charge >= 0.3 is 0 Å². The molecule has 0 unspecified atom stereocenters. The Morgan fingerprint density at radius 2 is 1.50 bits per heavy atom. The Hall–Kier alpha value is -2.15. The average molecular weight is 586 g/mol. The van der Waals surface area contributed by atoms with Crippen LogP contribution in [-0.4, -0.2) is 64.4 Å². The van der Waals surface area contributed by atoms with Crippen molar-refractivity contribution in [2.75, 3.05) is 44.7 Å². The van der Waals surface area contributed by atoms with E-state index < -0.39 is 0 Å². The number of aromatic nitrogens is 1. The summed E-state index contributed by atoms with van der Waals surface area (Å²) in [6, 6.07) is 2.14. The van der Waals surface area contributed by atoms with Gasteiger partial charge in [-0.3, -0.25) is 19.1 Å². The van der Waals surface area contributed by atoms with Gasteiger partial charge in [-0.05, 0) is 38.5 Å². The number of rotatable bonds is 15. The summed E-state index contributed by atoms with van der Waals surface area (Å²) in [4.78, 5) is 33.6. The molecule has 0 aromatic carbocycles. The quantitative estimate of drug-likeness (QED) is 0.136. The summed E-state index contributed by atoms with van der Waals surface area (Å²) in [6.45, 7) is 10.6. The van der Waals surface area contributed by atoms with Crippen LogP contribution in [0, 0.1) is 18.3 Å². The molecule has 7 nitrogen and oxygen atoms in total. The molecule has 0 N–H and O–H groups in total. The molecule has 0 saturated carbocycles. The summed E-state index contributed by atoms with van der Waals surface area (Å²) in [5.74, 6) is 0.748. The predicted octanol–water partition coefficient (Wildman–Crippen LogP) is 6.31. The number of amides is 1. The maximum atomic E-state index is 13.5. The molecule has 40 heavy (non-hydrogen) atoms. The van der Waals surface area contributed by atoms with Gasteiger partial charge in [-0.25, -0.2) is 0 Å². The van der Waals surface area contributed by atoms with Crippen LogP contribution in [0.1, 0.15) is 101 Å². The first kappa shape index (κ1) is 32.4. The molecule has 2 saturated heterocycles. The fraction of sp³-hybridized carbons (Fsp3) is 0.677. The molecule has 3 rings (SSSR count). The van der Waals surface area contributed by atoms with Gasteiger partial charge in [-0.15, -0.1) is 0 Å². The van der Waals surface area contributed by atoms with E-state index in [4.69, 9.17) is 12.2 Å². The lowest BCUT2D eigenvalue weighted by Crippen LogP contribution is -2.47. The van der Waals surface area contributed by atoms with Crippen molar-refractivity contribution in [2.24, 2.45) is 0 Å². The summed E-state index contributed by atoms with van der Waals surface area (Å²) in [5.41, 5.74) is 1.32. The maximum absolute atomic E-state index is 13.5. The van der Waals surface area contributed by atoms with E-state index >= 15 is 0 Å². The molecule has 1 aromatic rings. The highest BCUT2D eigenvalue weighted by Gasteiger charge is 2.33. The fourth-order valence-corrected chi connectivity index (χ4v) is 6.81. The van der Waals surface area contributed by atoms with E-state index in [9.17, 15) is 14.9 Å². The number of carbonyl (C=O) groups is 1. The van der Waals surface area contributed by atoms with E-state index in [1.54, 1.807) is 9.47 Å². The minimum absolute atomic E-state index is 0.0681. The summed E-state index contributed by atoms with van der Waals surface area (Å²) >= 11 is 6.96. The Morgan fingerprint density at radius 3 is 2.08 bits per heavy atom. The number of piperazine rings is 1. The zero-order valence-corrected chi connectivity index (χ0v) is 26.6. The van der Waals surface area contributed by atoms with E-state index in [2.05, 4.69) is 29.8 Å². The molecule has 220 valence electrons. The summed E-state index contributed by atoms with van der Waals surface area (Å²) in [7, 11) is 2.10. The Labute approximate surface area is 250 Å². The molecule has 0 atom stereocenters. The van der Waals surface area contributed by atoms with Crippen LogP contribution < -0.4 is 10.5 Å². The number of hydrogen-bond donors (Lipinski definition) is 0. The lowest BCUT2D eigenvalue weighted by atomic mass is 10.0. The van der Waals surface area contributed by atoms with Gasteiger partial charge in [-0.1, -0.05) is 95.6 Å². The molecule has 2 aliphatic heterocycles. The predicted molar refractivity (Wildman–Crippen MR) is 172 cm³/mol. The van der Waals surface area contributed by atoms with E-state index in [1.807, 2.05) is 19.9 Å². The van der Waals surface area contributed by atoms with Crippen molar-refractivity contribution in [3.8, 4) is 6.07 Å². The number of hydrogen-bond acceptors (Lipinski definition) is 7. The molecule has 1 amide bonds. The van der Waals surface area contributed by atoms with Gasteiger partial charge in [0.1, 0.15) is 21.8 Å². The average Bonchev–Trinajstić information content (AvgIpc) is 3.20. The van der Waals surface area contributed by atoms with Crippen LogP contribution in [0.3, 0.4) is 0 Å². The Balaban J connectivity index is 1.76. The van der Waals surface area contributed by atoms with Crippen LogP contribution in [0.4, 0.5) is 5.82 Å². The van der Waals surface area contributed by atoms with E-state index in [-0.39, 0.29) is 17.0 Å². The summed E-state index contributed by atoms with van der Waals surface area (Å²) < 4.78 is 2.33. The third-order valence-corrected chi connectivity index (χ3v) is 9.36. The van der Waals surface area contributed by atoms with Crippen molar-refractivity contribution in [1.82, 2.24) is 14.4 Å². The first-order valence-corrected chi connectivity index (χ1v) is 16.4. The minimum atomic E-state index is -0.249. The molecule has 3 heterocycles. The number of nitriles is 1. The number of thioether (sulfide) groups is 1. The van der Waals surface area contributed by atoms with Crippen molar-refractivity contribution >= 4 is 46.1 Å². The van der Waals surface area contributed by atoms with Gasteiger partial charge in [0.2, 0.25) is 0 Å². The van der Waals surface area contributed by atoms with Crippen molar-refractivity contribution in [3.05, 3.63) is 31.9 Å². The Morgan fingerprint density at radius 1 is 0.900 bits per heavy atom. The fourth-order valence-electron chi connectivity index (χ4n) is 5.52. The van der Waals surface area contributed by atoms with E-state index in [1.165, 1.54) is 63.1 Å². The standard InChI is InChI=1S/C31H47N5O2S2/c1-5-7-8-9-10-11-12-13-14-15-17-36-30(38)27(40-31(36)39)22-25-24(3)26(23-32)29(37)35(16-6-2)28(25)34-20-18-33(4)19-21-34/h22H,5-21H2,1-4H3. The maximum Gasteiger partial charge on any atom is 0.270 e. The Bertz CT molecular complexity index is 1160. The van der Waals surface area contributed by atoms with Gasteiger partial charge in [0, 0.05) is 44.8 Å². The lowest BCUT2D eigenvalue weighted by Gasteiger charge is -2.36. The molecular formula is C31H47N5O2S2. The van der Waals surface area contributed by atoms with Gasteiger partial charge in [0.15, 0.2) is 0 Å². The number of nitrogens with zero attached hydrogens (tertiary/aromatic N) is 5. The van der Waals surface area contributed by atoms with E-state index in [0.29, 0.717) is 27.9 Å². The van der Waals surface area contributed by atoms with Crippen LogP contribution in [0.15, 0.2) is 9.70 Å². The molecule has 0 bridgehead atoms. The molecule has 1 aromatic heterocycles. The molecule has 0 spiro atoms. The Kier molecular flexibility index (Phi) is 13.2. The van der Waals surface area contributed by atoms with Crippen LogP contribution in [-0.2, 0) is 11.3 Å². The smallest absolute Gasteiger partial charge is 0.270 e. The van der Waals surface area contributed by atoms with Gasteiger partial charge in [0.25, 0.3) is 11.5 Å². The zero-order chi connectivity index (χ0) is 29.1. The molecular weight excluding hydrogens is 539 g/mol. The minimum Gasteiger partial charge on any atom is -0.355 e. The number of anilines is 1. The van der Waals surface area contributed by atoms with E-state index in [0.717, 1.165) is 56.8 Å². The molecule has 2 fully saturated rings. The summed E-state index contributed by atoms with van der Waals surface area (Å²) in [6.07, 6.45) is 15.1. The third-order valence-electron chi connectivity index (χ3n) is 7.98. The normalized spacial score (nSPS) is 17.3. The number of thiocarbonyl (C=S) groups is 1. The molecule has 0 radical (unpaired) electrons. The lowest BCUT2D eigenvalue weighted by molar-refractivity contribution is -0.122. The van der Waals surface area contributed by atoms with Crippen LogP contribution in [0.5, 0.6) is 0 Å². The third kappa shape index (κ3) is 8.20. The van der Waals surface area contributed by atoms with Crippen molar-refractivity contribution in [1.29, 1.82) is 5.26 Å². The monoisotopic (exact) mass is 585 g/mol. The van der Waals surface area contributed by atoms with Crippen molar-refractivity contribution in [2.45, 2.75) is 97.9 Å². The second kappa shape index (κ2) is 16.3. The molecule has 0 aliphatic carbocycles. The number of unbranched alkanes of at least 4 members (excludes halogenated alkanes) is 9. The molecule has 2 aliphatic rings. The highest BCUT2D eigenvalue weighted by molar-refractivity contribution is 8.26. The number of likely N-dealkylation sites (N-methyl/N-ethyl adjacent to an activating group) is 1. The second-order valence-electron chi connectivity index (χ2n) is 11.1. The van der Waals surface area contributed by atoms with Gasteiger partial charge < -0.3 is 9.80 Å². The first-order chi connectivity index (χ1) is 19.3. The van der Waals surface area contributed by atoms with Crippen LogP contribution in [0.25, 0.3) is 6.08 Å². The number of pyridine rings is 1. The largest absolute Gasteiger partial charge is 0.355 e. The van der Waals surface area contributed by atoms with Gasteiger partial charge in [-0.2, -0.15) is 5.26 Å². The number of carbonyl (C=O) groups excluding carboxylic acids is 1. The summed E-state index contributed by atoms with van der Waals surface area (Å²) in [5, 5.41) is 9.87. The van der Waals surface area contributed by atoms with Crippen molar-refractivity contribution in [3.63, 3.8) is 0 Å². The highest BCUT2D eigenvalue weighted by Crippen LogP contribution is 2.36. The SMILES string of the molecule is CCCCCCCCCCCCN1C(=O)C(=Cc2c(C)c(C#N)c(=O)n(CCC)c2N2CCN(C)CC2)SC1=S. The highest BCUT2D eigenvalue weighted by atomic mass is 32.2. The first-order valence-electron chi connectivity index (χ1n) is 15.2. The van der Waals surface area contributed by atoms with Crippen LogP contribution in [0.2, 0.25) is 0 Å². The topological polar surface area (TPSA) is 72.6 Å². The van der Waals surface area contributed by atoms with Crippen LogP contribution >= 0.6 is 24.0 Å². The van der Waals surface area contributed by atoms with Gasteiger partial charge in [0.05, 0.1) is 4.91 Å². The second-order valence-corrected chi connectivity index (χ2v) is 12.8. The van der Waals surface area contributed by atoms with Crippen molar-refractivity contribution < 1.29 is 4.79 Å². The molecule has 9 heteroatoms.